The molecule has 33 heavy (non-hydrogen) atoms. The van der Waals surface area contributed by atoms with E-state index in [2.05, 4.69) is 10.6 Å². The highest BCUT2D eigenvalue weighted by Gasteiger charge is 2.20. The number of para-hydroxylation sites is 1. The fourth-order valence-electron chi connectivity index (χ4n) is 3.01. The average Bonchev–Trinajstić information content (AvgIpc) is 2.83. The molecule has 0 aliphatic carbocycles. The van der Waals surface area contributed by atoms with E-state index in [1.807, 2.05) is 42.5 Å². The quantitative estimate of drug-likeness (QED) is 0.309. The van der Waals surface area contributed by atoms with E-state index in [-0.39, 0.29) is 11.3 Å². The first kappa shape index (κ1) is 23.1. The van der Waals surface area contributed by atoms with Crippen LogP contribution >= 0.6 is 0 Å². The Balaban J connectivity index is 1.55. The molecule has 0 aliphatic rings. The summed E-state index contributed by atoms with van der Waals surface area (Å²) in [6, 6.07) is 20.8. The third kappa shape index (κ3) is 6.23. The van der Waals surface area contributed by atoms with Crippen molar-refractivity contribution >= 4 is 29.2 Å². The second-order valence-electron chi connectivity index (χ2n) is 7.07. The average molecular weight is 447 g/mol. The van der Waals surface area contributed by atoms with Crippen LogP contribution in [0.15, 0.2) is 78.9 Å². The van der Waals surface area contributed by atoms with E-state index in [1.54, 1.807) is 12.1 Å². The van der Waals surface area contributed by atoms with Gasteiger partial charge in [0.15, 0.2) is 6.61 Å². The van der Waals surface area contributed by atoms with Gasteiger partial charge in [0.1, 0.15) is 6.04 Å². The summed E-state index contributed by atoms with van der Waals surface area (Å²) in [6.07, 6.45) is 0. The smallest absolute Gasteiger partial charge is 0.328 e. The largest absolute Gasteiger partial charge is 0.454 e. The predicted octanol–water partition coefficient (Wildman–Crippen LogP) is 3.56. The van der Waals surface area contributed by atoms with Crippen LogP contribution in [-0.2, 0) is 14.3 Å². The number of non-ortho nitro benzene ring substituents is 1. The first-order chi connectivity index (χ1) is 15.8. The highest BCUT2D eigenvalue weighted by Crippen LogP contribution is 2.27. The summed E-state index contributed by atoms with van der Waals surface area (Å²) in [5.41, 5.74) is 2.08. The molecule has 9 heteroatoms. The topological polar surface area (TPSA) is 128 Å². The number of ether oxygens (including phenoxy) is 1. The van der Waals surface area contributed by atoms with E-state index >= 15 is 0 Å². The molecule has 3 aromatic carbocycles. The molecule has 2 amide bonds. The van der Waals surface area contributed by atoms with Crippen LogP contribution in [0, 0.1) is 10.1 Å². The van der Waals surface area contributed by atoms with Gasteiger partial charge in [-0.15, -0.1) is 0 Å². The Morgan fingerprint density at radius 3 is 2.39 bits per heavy atom. The highest BCUT2D eigenvalue weighted by molar-refractivity contribution is 5.99. The van der Waals surface area contributed by atoms with Gasteiger partial charge in [-0.05, 0) is 24.6 Å². The number of nitrogens with zero attached hydrogens (tertiary/aromatic N) is 1. The van der Waals surface area contributed by atoms with Crippen molar-refractivity contribution in [3.63, 3.8) is 0 Å². The van der Waals surface area contributed by atoms with Gasteiger partial charge in [-0.3, -0.25) is 19.7 Å². The number of anilines is 1. The third-order valence-corrected chi connectivity index (χ3v) is 4.65. The van der Waals surface area contributed by atoms with E-state index in [4.69, 9.17) is 4.74 Å². The van der Waals surface area contributed by atoms with Crippen LogP contribution in [0.1, 0.15) is 17.3 Å². The zero-order chi connectivity index (χ0) is 23.8. The summed E-state index contributed by atoms with van der Waals surface area (Å²) >= 11 is 0. The molecular formula is C24H21N3O6. The summed E-state index contributed by atoms with van der Waals surface area (Å²) in [7, 11) is 0. The molecule has 2 N–H and O–H groups in total. The van der Waals surface area contributed by atoms with Gasteiger partial charge in [0.2, 0.25) is 0 Å². The van der Waals surface area contributed by atoms with Crippen molar-refractivity contribution in [1.82, 2.24) is 5.32 Å². The lowest BCUT2D eigenvalue weighted by molar-refractivity contribution is -0.384. The Morgan fingerprint density at radius 1 is 0.970 bits per heavy atom. The fraction of sp³-hybridized carbons (Fsp3) is 0.125. The number of nitrogens with one attached hydrogen (secondary N) is 2. The van der Waals surface area contributed by atoms with Gasteiger partial charge in [0.05, 0.1) is 4.92 Å². The standard InChI is InChI=1S/C24H21N3O6/c1-16(25-23(29)18-10-7-11-19(14-18)27(31)32)24(30)33-15-22(28)26-21-13-6-5-12-20(21)17-8-3-2-4-9-17/h2-14,16H,15H2,1H3,(H,25,29)(H,26,28). The van der Waals surface area contributed by atoms with Gasteiger partial charge in [-0.1, -0.05) is 54.6 Å². The van der Waals surface area contributed by atoms with E-state index < -0.39 is 35.4 Å². The van der Waals surface area contributed by atoms with Crippen LogP contribution in [-0.4, -0.2) is 35.4 Å². The molecule has 0 aliphatic heterocycles. The van der Waals surface area contributed by atoms with E-state index in [0.29, 0.717) is 5.69 Å². The number of nitro benzene ring substituents is 1. The molecule has 0 aromatic heterocycles. The maximum atomic E-state index is 12.3. The summed E-state index contributed by atoms with van der Waals surface area (Å²) in [5.74, 6) is -2.03. The minimum Gasteiger partial charge on any atom is -0.454 e. The molecule has 0 saturated heterocycles. The van der Waals surface area contributed by atoms with Crippen LogP contribution in [0.5, 0.6) is 0 Å². The minimum atomic E-state index is -1.07. The third-order valence-electron chi connectivity index (χ3n) is 4.65. The van der Waals surface area contributed by atoms with Crippen LogP contribution < -0.4 is 10.6 Å². The monoisotopic (exact) mass is 447 g/mol. The first-order valence-corrected chi connectivity index (χ1v) is 10.0. The molecule has 0 fully saturated rings. The van der Waals surface area contributed by atoms with Gasteiger partial charge in [0.25, 0.3) is 17.5 Å². The molecule has 3 rings (SSSR count). The molecule has 9 nitrogen and oxygen atoms in total. The normalized spacial score (nSPS) is 11.2. The van der Waals surface area contributed by atoms with E-state index in [0.717, 1.165) is 17.2 Å². The van der Waals surface area contributed by atoms with Crippen molar-refractivity contribution in [3.8, 4) is 11.1 Å². The summed E-state index contributed by atoms with van der Waals surface area (Å²) in [5, 5.41) is 16.0. The van der Waals surface area contributed by atoms with Crippen LogP contribution in [0.25, 0.3) is 11.1 Å². The summed E-state index contributed by atoms with van der Waals surface area (Å²) < 4.78 is 5.01. The minimum absolute atomic E-state index is 0.0270. The van der Waals surface area contributed by atoms with Gasteiger partial charge in [-0.25, -0.2) is 4.79 Å². The lowest BCUT2D eigenvalue weighted by Gasteiger charge is -2.14. The lowest BCUT2D eigenvalue weighted by Crippen LogP contribution is -2.40. The van der Waals surface area contributed by atoms with Crippen LogP contribution in [0.2, 0.25) is 0 Å². The molecular weight excluding hydrogens is 426 g/mol. The van der Waals surface area contributed by atoms with Crippen molar-refractivity contribution in [1.29, 1.82) is 0 Å². The number of amides is 2. The Bertz CT molecular complexity index is 1180. The zero-order valence-corrected chi connectivity index (χ0v) is 17.7. The Kier molecular flexibility index (Phi) is 7.48. The SMILES string of the molecule is CC(NC(=O)c1cccc([N+](=O)[O-])c1)C(=O)OCC(=O)Nc1ccccc1-c1ccccc1. The molecule has 3 aromatic rings. The van der Waals surface area contributed by atoms with Crippen molar-refractivity contribution in [3.05, 3.63) is 94.5 Å². The molecule has 168 valence electrons. The Hall–Kier alpha value is -4.53. The van der Waals surface area contributed by atoms with Crippen molar-refractivity contribution in [2.24, 2.45) is 0 Å². The molecule has 1 unspecified atom stereocenters. The number of carbonyl (C=O) groups excluding carboxylic acids is 3. The molecule has 0 saturated carbocycles. The number of rotatable bonds is 8. The van der Waals surface area contributed by atoms with Gasteiger partial charge in [0, 0.05) is 28.9 Å². The van der Waals surface area contributed by atoms with Crippen molar-refractivity contribution in [2.45, 2.75) is 13.0 Å². The van der Waals surface area contributed by atoms with Gasteiger partial charge in [-0.2, -0.15) is 0 Å². The number of hydrogen-bond acceptors (Lipinski definition) is 6. The Labute approximate surface area is 189 Å². The highest BCUT2D eigenvalue weighted by atomic mass is 16.6. The Morgan fingerprint density at radius 2 is 1.67 bits per heavy atom. The van der Waals surface area contributed by atoms with Crippen molar-refractivity contribution < 1.29 is 24.0 Å². The molecule has 0 spiro atoms. The number of nitro groups is 1. The number of benzene rings is 3. The zero-order valence-electron chi connectivity index (χ0n) is 17.7. The maximum Gasteiger partial charge on any atom is 0.328 e. The van der Waals surface area contributed by atoms with Gasteiger partial charge >= 0.3 is 5.97 Å². The van der Waals surface area contributed by atoms with E-state index in [9.17, 15) is 24.5 Å². The fourth-order valence-corrected chi connectivity index (χ4v) is 3.01. The molecule has 0 heterocycles. The molecule has 0 bridgehead atoms. The van der Waals surface area contributed by atoms with Gasteiger partial charge < -0.3 is 15.4 Å². The first-order valence-electron chi connectivity index (χ1n) is 10.0. The van der Waals surface area contributed by atoms with Crippen LogP contribution in [0.4, 0.5) is 11.4 Å². The number of carbonyl (C=O) groups is 3. The van der Waals surface area contributed by atoms with Crippen LogP contribution in [0.3, 0.4) is 0 Å². The molecule has 0 radical (unpaired) electrons. The lowest BCUT2D eigenvalue weighted by atomic mass is 10.0. The number of hydrogen-bond donors (Lipinski definition) is 2. The maximum absolute atomic E-state index is 12.3. The second kappa shape index (κ2) is 10.7. The second-order valence-corrected chi connectivity index (χ2v) is 7.07. The van der Waals surface area contributed by atoms with E-state index in [1.165, 1.54) is 25.1 Å². The predicted molar refractivity (Wildman–Crippen MR) is 121 cm³/mol. The summed E-state index contributed by atoms with van der Waals surface area (Å²) in [6.45, 7) is 0.846. The summed E-state index contributed by atoms with van der Waals surface area (Å²) in [4.78, 5) is 47.0. The number of esters is 1. The van der Waals surface area contributed by atoms with Crippen molar-refractivity contribution in [2.75, 3.05) is 11.9 Å². The molecule has 1 atom stereocenters.